The molecule has 0 spiro atoms. The Morgan fingerprint density at radius 2 is 1.02 bits per heavy atom. The van der Waals surface area contributed by atoms with E-state index < -0.39 is 12.7 Å². The summed E-state index contributed by atoms with van der Waals surface area (Å²) in [5, 5.41) is 0. The first-order valence-corrected chi connectivity index (χ1v) is 16.0. The van der Waals surface area contributed by atoms with Crippen LogP contribution in [0.25, 0.3) is 0 Å². The molecule has 1 heterocycles. The number of alkyl halides is 6. The molecule has 0 N–H and O–H groups in total. The van der Waals surface area contributed by atoms with Crippen molar-refractivity contribution < 1.29 is 54.8 Å². The maximum atomic E-state index is 12.5. The lowest BCUT2D eigenvalue weighted by Crippen LogP contribution is -2.47. The predicted octanol–water partition coefficient (Wildman–Crippen LogP) is 8.85. The largest absolute Gasteiger partial charge is 0.573 e. The first kappa shape index (κ1) is 36.8. The molecule has 0 bridgehead atoms. The van der Waals surface area contributed by atoms with Crippen molar-refractivity contribution in [3.05, 3.63) is 120 Å². The molecule has 2 unspecified atom stereocenters. The lowest BCUT2D eigenvalue weighted by Gasteiger charge is -2.39. The normalized spacial score (nSPS) is 16.6. The highest BCUT2D eigenvalue weighted by Gasteiger charge is 2.32. The molecular formula is C37H37F6NO6. The summed E-state index contributed by atoms with van der Waals surface area (Å²) >= 11 is 0. The van der Waals surface area contributed by atoms with E-state index in [1.165, 1.54) is 48.5 Å². The van der Waals surface area contributed by atoms with Crippen molar-refractivity contribution in [2.24, 2.45) is 0 Å². The van der Waals surface area contributed by atoms with Gasteiger partial charge in [-0.15, -0.1) is 26.3 Å². The molecule has 0 saturated carbocycles. The van der Waals surface area contributed by atoms with Crippen LogP contribution < -0.4 is 19.1 Å². The van der Waals surface area contributed by atoms with E-state index in [2.05, 4.69) is 14.4 Å². The second kappa shape index (κ2) is 17.5. The Kier molecular flexibility index (Phi) is 12.9. The molecule has 5 rings (SSSR count). The van der Waals surface area contributed by atoms with Gasteiger partial charge in [-0.3, -0.25) is 0 Å². The van der Waals surface area contributed by atoms with Crippen LogP contribution >= 0.6 is 0 Å². The average Bonchev–Trinajstić information content (AvgIpc) is 3.08. The molecule has 1 fully saturated rings. The van der Waals surface area contributed by atoms with Crippen LogP contribution in [-0.4, -0.2) is 51.2 Å². The topological polar surface area (TPSA) is 58.6 Å². The molecule has 7 nitrogen and oxygen atoms in total. The zero-order valence-corrected chi connectivity index (χ0v) is 27.0. The van der Waals surface area contributed by atoms with Gasteiger partial charge in [-0.05, 0) is 65.2 Å². The van der Waals surface area contributed by atoms with Crippen LogP contribution in [0.4, 0.5) is 32.0 Å². The van der Waals surface area contributed by atoms with Crippen LogP contribution in [0.2, 0.25) is 0 Å². The van der Waals surface area contributed by atoms with Crippen molar-refractivity contribution >= 4 is 5.69 Å². The van der Waals surface area contributed by atoms with E-state index in [9.17, 15) is 26.3 Å². The third-order valence-corrected chi connectivity index (χ3v) is 7.67. The Morgan fingerprint density at radius 3 is 1.52 bits per heavy atom. The quantitative estimate of drug-likeness (QED) is 0.0853. The Hall–Kier alpha value is -4.46. The zero-order valence-electron chi connectivity index (χ0n) is 27.0. The fraction of sp³-hybridized carbons (Fsp3) is 0.351. The van der Waals surface area contributed by atoms with Gasteiger partial charge in [0.2, 0.25) is 0 Å². The summed E-state index contributed by atoms with van der Waals surface area (Å²) in [6, 6.07) is 28.6. The fourth-order valence-corrected chi connectivity index (χ4v) is 5.33. The summed E-state index contributed by atoms with van der Waals surface area (Å²) < 4.78 is 107. The summed E-state index contributed by atoms with van der Waals surface area (Å²) in [4.78, 5) is 2.11. The van der Waals surface area contributed by atoms with Crippen LogP contribution in [0.15, 0.2) is 103 Å². The van der Waals surface area contributed by atoms with Crippen molar-refractivity contribution in [3.63, 3.8) is 0 Å². The van der Waals surface area contributed by atoms with Gasteiger partial charge in [0.25, 0.3) is 0 Å². The first-order valence-electron chi connectivity index (χ1n) is 16.0. The molecule has 0 aromatic heterocycles. The van der Waals surface area contributed by atoms with E-state index in [4.69, 9.17) is 18.9 Å². The number of halogens is 6. The second-order valence-electron chi connectivity index (χ2n) is 11.6. The second-order valence-corrected chi connectivity index (χ2v) is 11.6. The Bertz CT molecular complexity index is 1500. The zero-order chi connectivity index (χ0) is 35.4. The summed E-state index contributed by atoms with van der Waals surface area (Å²) in [6.07, 6.45) is -8.90. The molecule has 1 aliphatic heterocycles. The monoisotopic (exact) mass is 705 g/mol. The molecule has 4 aromatic carbocycles. The molecule has 0 radical (unpaired) electrons. The highest BCUT2D eigenvalue weighted by Crippen LogP contribution is 2.28. The first-order chi connectivity index (χ1) is 24.0. The van der Waals surface area contributed by atoms with E-state index in [1.54, 1.807) is 0 Å². The molecule has 2 atom stereocenters. The Morgan fingerprint density at radius 1 is 0.540 bits per heavy atom. The number of nitrogens with zero attached hydrogens (tertiary/aromatic N) is 1. The molecule has 268 valence electrons. The number of benzene rings is 4. The minimum atomic E-state index is -4.78. The molecule has 0 aliphatic carbocycles. The van der Waals surface area contributed by atoms with Gasteiger partial charge in [-0.2, -0.15) is 0 Å². The van der Waals surface area contributed by atoms with Crippen LogP contribution in [0, 0.1) is 0 Å². The maximum Gasteiger partial charge on any atom is 0.573 e. The van der Waals surface area contributed by atoms with E-state index in [0.29, 0.717) is 56.2 Å². The summed E-state index contributed by atoms with van der Waals surface area (Å²) in [6.45, 7) is 2.97. The van der Waals surface area contributed by atoms with E-state index in [-0.39, 0.29) is 36.9 Å². The van der Waals surface area contributed by atoms with E-state index in [0.717, 1.165) is 17.7 Å². The maximum absolute atomic E-state index is 12.5. The molecular weight excluding hydrogens is 668 g/mol. The van der Waals surface area contributed by atoms with E-state index in [1.807, 2.05) is 54.6 Å². The number of rotatable bonds is 16. The van der Waals surface area contributed by atoms with Crippen molar-refractivity contribution in [1.82, 2.24) is 0 Å². The lowest BCUT2D eigenvalue weighted by atomic mass is 10.0. The fourth-order valence-electron chi connectivity index (χ4n) is 5.33. The number of anilines is 1. The van der Waals surface area contributed by atoms with Gasteiger partial charge in [-0.1, -0.05) is 54.6 Å². The predicted molar refractivity (Wildman–Crippen MR) is 173 cm³/mol. The Balaban J connectivity index is 1.15. The molecule has 4 aromatic rings. The lowest BCUT2D eigenvalue weighted by molar-refractivity contribution is -0.275. The minimum absolute atomic E-state index is 0.153. The number of hydrogen-bond donors (Lipinski definition) is 0. The van der Waals surface area contributed by atoms with Gasteiger partial charge in [0.05, 0.1) is 45.2 Å². The van der Waals surface area contributed by atoms with Crippen molar-refractivity contribution in [2.45, 2.75) is 57.6 Å². The summed E-state index contributed by atoms with van der Waals surface area (Å²) in [7, 11) is 0. The highest BCUT2D eigenvalue weighted by atomic mass is 19.4. The van der Waals surface area contributed by atoms with Crippen molar-refractivity contribution in [2.75, 3.05) is 31.2 Å². The van der Waals surface area contributed by atoms with Gasteiger partial charge in [0, 0.05) is 31.6 Å². The summed E-state index contributed by atoms with van der Waals surface area (Å²) in [5.74, 6) is 0.0751. The number of ether oxygens (including phenoxy) is 6. The molecule has 1 saturated heterocycles. The number of hydrogen-bond acceptors (Lipinski definition) is 7. The van der Waals surface area contributed by atoms with Crippen LogP contribution in [0.1, 0.15) is 29.5 Å². The van der Waals surface area contributed by atoms with Gasteiger partial charge in [-0.25, -0.2) is 0 Å². The van der Waals surface area contributed by atoms with E-state index >= 15 is 0 Å². The molecule has 1 aliphatic rings. The summed E-state index contributed by atoms with van der Waals surface area (Å²) in [5.41, 5.74) is 3.36. The molecule has 13 heteroatoms. The SMILES string of the molecule is FC(F)(F)Oc1ccc(COC2CC(OCc3ccc(OC(F)(F)F)cc3)CN(c3ccc(OCCCOCc4ccccc4)cc3)C2)cc1. The van der Waals surface area contributed by atoms with Crippen molar-refractivity contribution in [3.8, 4) is 17.2 Å². The average molecular weight is 706 g/mol. The third-order valence-electron chi connectivity index (χ3n) is 7.67. The van der Waals surface area contributed by atoms with Gasteiger partial charge in [0.1, 0.15) is 17.2 Å². The third kappa shape index (κ3) is 12.8. The molecule has 0 amide bonds. The van der Waals surface area contributed by atoms with Crippen molar-refractivity contribution in [1.29, 1.82) is 0 Å². The van der Waals surface area contributed by atoms with Gasteiger partial charge >= 0.3 is 12.7 Å². The standard InChI is InChI=1S/C37H37F6NO6/c38-36(39,40)49-32-13-7-28(8-14-32)25-47-34-21-35(48-26-29-9-15-33(16-10-29)50-37(41,42)43)23-44(22-34)30-11-17-31(18-12-30)46-20-4-19-45-24-27-5-2-1-3-6-27/h1-3,5-18,34-35H,4,19-26H2. The van der Waals surface area contributed by atoms with Crippen LogP contribution in [0.5, 0.6) is 17.2 Å². The Labute approximate surface area is 286 Å². The minimum Gasteiger partial charge on any atom is -0.494 e. The van der Waals surface area contributed by atoms with Gasteiger partial charge < -0.3 is 33.3 Å². The van der Waals surface area contributed by atoms with Crippen LogP contribution in [0.3, 0.4) is 0 Å². The van der Waals surface area contributed by atoms with Crippen LogP contribution in [-0.2, 0) is 34.0 Å². The highest BCUT2D eigenvalue weighted by molar-refractivity contribution is 5.50. The molecule has 50 heavy (non-hydrogen) atoms. The number of piperidine rings is 1. The smallest absolute Gasteiger partial charge is 0.494 e. The van der Waals surface area contributed by atoms with Gasteiger partial charge in [0.15, 0.2) is 0 Å².